The first-order chi connectivity index (χ1) is 5.90. The van der Waals surface area contributed by atoms with Crippen LogP contribution in [-0.4, -0.2) is 39.8 Å². The van der Waals surface area contributed by atoms with Gasteiger partial charge in [-0.2, -0.15) is 0 Å². The summed E-state index contributed by atoms with van der Waals surface area (Å²) >= 11 is 0. The first-order valence-electron chi connectivity index (χ1n) is 3.24. The molecule has 0 spiro atoms. The van der Waals surface area contributed by atoms with E-state index in [1.54, 1.807) is 0 Å². The largest absolute Gasteiger partial charge is 1.00 e. The maximum Gasteiger partial charge on any atom is 1.00 e. The van der Waals surface area contributed by atoms with Crippen molar-refractivity contribution in [3.8, 4) is 0 Å². The Kier molecular flexibility index (Phi) is 4.69. The molecule has 1 fully saturated rings. The molecular weight excluding hydrogens is 223 g/mol. The number of carboxylic acids is 3. The van der Waals surface area contributed by atoms with Crippen molar-refractivity contribution in [2.75, 3.05) is 0 Å². The van der Waals surface area contributed by atoms with E-state index in [2.05, 4.69) is 4.74 Å². The van der Waals surface area contributed by atoms with Gasteiger partial charge in [0.25, 0.3) is 0 Å². The molecule has 8 heteroatoms. The molecule has 1 heterocycles. The number of carboxylic acid groups (broad SMARTS) is 3. The minimum absolute atomic E-state index is 0. The summed E-state index contributed by atoms with van der Waals surface area (Å²) in [6, 6.07) is 0. The molecule has 0 aromatic carbocycles. The summed E-state index contributed by atoms with van der Waals surface area (Å²) in [5.74, 6) is -4.78. The van der Waals surface area contributed by atoms with E-state index < -0.39 is 36.0 Å². The number of ether oxygens (including phenoxy) is 1. The van der Waals surface area contributed by atoms with Crippen molar-refractivity contribution in [2.24, 2.45) is 0 Å². The average molecular weight is 228 g/mol. The molecule has 0 aliphatic carbocycles. The molecule has 7 nitrogen and oxygen atoms in total. The van der Waals surface area contributed by atoms with E-state index in [1.807, 2.05) is 0 Å². The fourth-order valence-electron chi connectivity index (χ4n) is 1.01. The SMILES string of the molecule is O=C(O)CC1(C(=O)[O-])OC1C(=O)O.[K+]. The van der Waals surface area contributed by atoms with E-state index in [0.717, 1.165) is 0 Å². The molecule has 0 aromatic rings. The first kappa shape index (κ1) is 14.0. The van der Waals surface area contributed by atoms with Crippen molar-refractivity contribution in [3.63, 3.8) is 0 Å². The zero-order chi connectivity index (χ0) is 10.2. The Balaban J connectivity index is 0.00000169. The summed E-state index contributed by atoms with van der Waals surface area (Å²) in [6.45, 7) is 0. The van der Waals surface area contributed by atoms with Gasteiger partial charge >= 0.3 is 63.3 Å². The molecule has 2 atom stereocenters. The standard InChI is InChI=1S/C6H6O7.K/c7-2(8)1-6(5(11)12)3(13-6)4(9)10;/h3H,1H2,(H,7,8)(H,9,10)(H,11,12);/q;+1/p-1. The van der Waals surface area contributed by atoms with Gasteiger partial charge in [0, 0.05) is 0 Å². The number of hydrogen-bond donors (Lipinski definition) is 2. The van der Waals surface area contributed by atoms with Gasteiger partial charge in [0.2, 0.25) is 0 Å². The molecule has 1 aliphatic rings. The summed E-state index contributed by atoms with van der Waals surface area (Å²) in [5.41, 5.74) is -2.18. The first-order valence-corrected chi connectivity index (χ1v) is 3.24. The molecule has 14 heavy (non-hydrogen) atoms. The third-order valence-corrected chi connectivity index (χ3v) is 1.68. The Bertz CT molecular complexity index is 288. The second-order valence-electron chi connectivity index (χ2n) is 2.58. The topological polar surface area (TPSA) is 127 Å². The number of rotatable bonds is 4. The maximum atomic E-state index is 10.4. The van der Waals surface area contributed by atoms with Gasteiger partial charge in [-0.1, -0.05) is 0 Å². The molecule has 1 saturated heterocycles. The third kappa shape index (κ3) is 2.52. The fourth-order valence-corrected chi connectivity index (χ4v) is 1.01. The Morgan fingerprint density at radius 3 is 2.07 bits per heavy atom. The minimum atomic E-state index is -2.18. The Morgan fingerprint density at radius 2 is 1.86 bits per heavy atom. The molecule has 0 amide bonds. The van der Waals surface area contributed by atoms with Crippen LogP contribution in [0, 0.1) is 0 Å². The molecular formula is C6H5KO7. The van der Waals surface area contributed by atoms with E-state index in [4.69, 9.17) is 10.2 Å². The van der Waals surface area contributed by atoms with E-state index in [1.165, 1.54) is 0 Å². The van der Waals surface area contributed by atoms with E-state index in [0.29, 0.717) is 0 Å². The van der Waals surface area contributed by atoms with Gasteiger partial charge < -0.3 is 24.9 Å². The van der Waals surface area contributed by atoms with E-state index >= 15 is 0 Å². The van der Waals surface area contributed by atoms with Gasteiger partial charge in [-0.15, -0.1) is 0 Å². The average Bonchev–Trinajstić information content (AvgIpc) is 2.62. The Morgan fingerprint density at radius 1 is 1.36 bits per heavy atom. The zero-order valence-corrected chi connectivity index (χ0v) is 10.3. The van der Waals surface area contributed by atoms with Crippen molar-refractivity contribution < 1.29 is 85.8 Å². The molecule has 1 aliphatic heterocycles. The third-order valence-electron chi connectivity index (χ3n) is 1.68. The van der Waals surface area contributed by atoms with Crippen molar-refractivity contribution >= 4 is 17.9 Å². The fraction of sp³-hybridized carbons (Fsp3) is 0.500. The van der Waals surface area contributed by atoms with Crippen LogP contribution in [-0.2, 0) is 19.1 Å². The minimum Gasteiger partial charge on any atom is -0.547 e. The van der Waals surface area contributed by atoms with Crippen LogP contribution in [0.3, 0.4) is 0 Å². The molecule has 72 valence electrons. The smallest absolute Gasteiger partial charge is 0.547 e. The van der Waals surface area contributed by atoms with Crippen LogP contribution in [0.2, 0.25) is 0 Å². The van der Waals surface area contributed by atoms with Crippen molar-refractivity contribution in [2.45, 2.75) is 18.1 Å². The van der Waals surface area contributed by atoms with E-state index in [9.17, 15) is 19.5 Å². The quantitative estimate of drug-likeness (QED) is 0.362. The van der Waals surface area contributed by atoms with Crippen LogP contribution in [0.25, 0.3) is 0 Å². The molecule has 1 rings (SSSR count). The Labute approximate surface area is 120 Å². The van der Waals surface area contributed by atoms with Crippen LogP contribution in [0.15, 0.2) is 0 Å². The number of aliphatic carboxylic acids is 3. The molecule has 2 N–H and O–H groups in total. The number of epoxide rings is 1. The normalized spacial score (nSPS) is 28.7. The van der Waals surface area contributed by atoms with Crippen molar-refractivity contribution in [1.29, 1.82) is 0 Å². The molecule has 2 unspecified atom stereocenters. The molecule has 0 radical (unpaired) electrons. The summed E-state index contributed by atoms with van der Waals surface area (Å²) in [5, 5.41) is 27.0. The monoisotopic (exact) mass is 228 g/mol. The zero-order valence-electron chi connectivity index (χ0n) is 7.22. The molecule has 0 saturated carbocycles. The second-order valence-corrected chi connectivity index (χ2v) is 2.58. The van der Waals surface area contributed by atoms with Crippen LogP contribution < -0.4 is 56.5 Å². The summed E-state index contributed by atoms with van der Waals surface area (Å²) in [6.07, 6.45) is -2.53. The predicted molar refractivity (Wildman–Crippen MR) is 32.5 cm³/mol. The molecule has 0 aromatic heterocycles. The Hall–Kier alpha value is 0.00636. The van der Waals surface area contributed by atoms with Gasteiger partial charge in [-0.3, -0.25) is 4.79 Å². The van der Waals surface area contributed by atoms with Gasteiger partial charge in [-0.05, 0) is 0 Å². The van der Waals surface area contributed by atoms with Crippen LogP contribution in [0.1, 0.15) is 6.42 Å². The van der Waals surface area contributed by atoms with Crippen LogP contribution in [0.4, 0.5) is 0 Å². The summed E-state index contributed by atoms with van der Waals surface area (Å²) < 4.78 is 4.30. The predicted octanol–water partition coefficient (Wildman–Crippen LogP) is -5.56. The number of hydrogen-bond acceptors (Lipinski definition) is 5. The molecule has 0 bridgehead atoms. The van der Waals surface area contributed by atoms with Gasteiger partial charge in [0.1, 0.15) is 0 Å². The second kappa shape index (κ2) is 4.68. The van der Waals surface area contributed by atoms with Crippen LogP contribution >= 0.6 is 0 Å². The van der Waals surface area contributed by atoms with Gasteiger partial charge in [0.05, 0.1) is 12.4 Å². The number of carbonyl (C=O) groups is 3. The van der Waals surface area contributed by atoms with Crippen molar-refractivity contribution in [1.82, 2.24) is 0 Å². The summed E-state index contributed by atoms with van der Waals surface area (Å²) in [4.78, 5) is 30.8. The summed E-state index contributed by atoms with van der Waals surface area (Å²) in [7, 11) is 0. The van der Waals surface area contributed by atoms with Crippen molar-refractivity contribution in [3.05, 3.63) is 0 Å². The maximum absolute atomic E-state index is 10.4. The van der Waals surface area contributed by atoms with Crippen LogP contribution in [0.5, 0.6) is 0 Å². The van der Waals surface area contributed by atoms with Gasteiger partial charge in [-0.25, -0.2) is 4.79 Å². The van der Waals surface area contributed by atoms with Gasteiger partial charge in [0.15, 0.2) is 11.7 Å². The number of carbonyl (C=O) groups excluding carboxylic acids is 1. The van der Waals surface area contributed by atoms with E-state index in [-0.39, 0.29) is 51.4 Å².